The van der Waals surface area contributed by atoms with Gasteiger partial charge in [-0.2, -0.15) is 0 Å². The molecule has 0 aromatic rings. The fourth-order valence-corrected chi connectivity index (χ4v) is 3.28. The highest BCUT2D eigenvalue weighted by Crippen LogP contribution is 2.38. The third-order valence-electron chi connectivity index (χ3n) is 4.28. The Morgan fingerprint density at radius 1 is 0.958 bits per heavy atom. The Morgan fingerprint density at radius 2 is 1.42 bits per heavy atom. The number of rotatable bonds is 8. The number of aldehydes is 1. The van der Waals surface area contributed by atoms with Crippen molar-refractivity contribution >= 4 is 26.5 Å². The van der Waals surface area contributed by atoms with E-state index in [2.05, 4.69) is 20.8 Å². The Morgan fingerprint density at radius 3 is 1.71 bits per heavy atom. The van der Waals surface area contributed by atoms with Crippen molar-refractivity contribution in [3.8, 4) is 0 Å². The number of carbonyl (C=O) groups excluding carboxylic acids is 3. The minimum absolute atomic E-state index is 0.110. The van der Waals surface area contributed by atoms with E-state index in [0.29, 0.717) is 6.29 Å². The van der Waals surface area contributed by atoms with E-state index in [0.717, 1.165) is 0 Å². The van der Waals surface area contributed by atoms with Crippen LogP contribution in [0.5, 0.6) is 0 Å². The summed E-state index contributed by atoms with van der Waals surface area (Å²) in [6, 6.07) is 0. The summed E-state index contributed by atoms with van der Waals surface area (Å²) in [5.74, 6) is -1.16. The molecule has 0 aromatic carbocycles. The van der Waals surface area contributed by atoms with E-state index < -0.39 is 38.6 Å². The largest absolute Gasteiger partial charge is 0.459 e. The van der Waals surface area contributed by atoms with E-state index in [1.165, 1.54) is 13.8 Å². The molecule has 0 N–H and O–H groups in total. The van der Waals surface area contributed by atoms with E-state index in [9.17, 15) is 14.4 Å². The molecule has 24 heavy (non-hydrogen) atoms. The quantitative estimate of drug-likeness (QED) is 0.376. The lowest BCUT2D eigenvalue weighted by atomic mass is 9.98. The van der Waals surface area contributed by atoms with Crippen LogP contribution in [0.4, 0.5) is 0 Å². The fraction of sp³-hybridized carbons (Fsp3) is 0.824. The van der Waals surface area contributed by atoms with Crippen molar-refractivity contribution in [3.63, 3.8) is 0 Å². The summed E-state index contributed by atoms with van der Waals surface area (Å²) >= 11 is 0. The smallest absolute Gasteiger partial charge is 0.303 e. The van der Waals surface area contributed by atoms with Gasteiger partial charge in [-0.25, -0.2) is 0 Å². The zero-order chi connectivity index (χ0) is 19.3. The minimum atomic E-state index is -2.30. The van der Waals surface area contributed by atoms with Crippen LogP contribution in [-0.2, 0) is 28.3 Å². The first-order chi connectivity index (χ1) is 10.7. The van der Waals surface area contributed by atoms with Crippen molar-refractivity contribution in [3.05, 3.63) is 0 Å². The molecule has 0 unspecified atom stereocenters. The van der Waals surface area contributed by atoms with Gasteiger partial charge in [-0.15, -0.1) is 0 Å². The van der Waals surface area contributed by atoms with E-state index in [1.807, 2.05) is 26.9 Å². The average molecular weight is 361 g/mol. The molecule has 0 spiro atoms. The number of ether oxygens (including phenoxy) is 2. The van der Waals surface area contributed by atoms with Crippen molar-refractivity contribution in [1.82, 2.24) is 0 Å². The molecule has 140 valence electrons. The monoisotopic (exact) mass is 360 g/mol. The molecular weight excluding hydrogens is 328 g/mol. The molecule has 0 bridgehead atoms. The zero-order valence-corrected chi connectivity index (χ0v) is 17.3. The van der Waals surface area contributed by atoms with Gasteiger partial charge in [0, 0.05) is 13.8 Å². The molecule has 0 saturated carbocycles. The SMILES string of the molecule is CC(=O)O[C@H](C=O)[C@H](O[Si](C)(C)C(C)(C)C)[C@@H](OC(C)=O)C(C)C. The summed E-state index contributed by atoms with van der Waals surface area (Å²) in [5, 5.41) is -0.118. The highest BCUT2D eigenvalue weighted by molar-refractivity contribution is 6.74. The maximum Gasteiger partial charge on any atom is 0.303 e. The van der Waals surface area contributed by atoms with Crippen molar-refractivity contribution in [2.45, 2.75) is 84.9 Å². The summed E-state index contributed by atoms with van der Waals surface area (Å²) in [6.07, 6.45) is -2.11. The zero-order valence-electron chi connectivity index (χ0n) is 16.3. The van der Waals surface area contributed by atoms with Crippen LogP contribution in [0.2, 0.25) is 18.1 Å². The lowest BCUT2D eigenvalue weighted by molar-refractivity contribution is -0.170. The van der Waals surface area contributed by atoms with Crippen molar-refractivity contribution in [2.24, 2.45) is 5.92 Å². The van der Waals surface area contributed by atoms with Gasteiger partial charge in [-0.3, -0.25) is 14.4 Å². The summed E-state index contributed by atoms with van der Waals surface area (Å²) in [4.78, 5) is 34.4. The second-order valence-electron chi connectivity index (χ2n) is 7.87. The molecule has 3 atom stereocenters. The molecule has 0 aliphatic rings. The third kappa shape index (κ3) is 6.73. The first kappa shape index (κ1) is 22.8. The van der Waals surface area contributed by atoms with Crippen LogP contribution >= 0.6 is 0 Å². The Balaban J connectivity index is 5.83. The maximum absolute atomic E-state index is 11.5. The lowest BCUT2D eigenvalue weighted by Gasteiger charge is -2.43. The molecule has 0 saturated heterocycles. The van der Waals surface area contributed by atoms with E-state index in [-0.39, 0.29) is 11.0 Å². The Hall–Kier alpha value is -1.21. The topological polar surface area (TPSA) is 78.9 Å². The molecule has 6 nitrogen and oxygen atoms in total. The van der Waals surface area contributed by atoms with Crippen LogP contribution < -0.4 is 0 Å². The molecule has 0 rings (SSSR count). The van der Waals surface area contributed by atoms with Gasteiger partial charge in [0.15, 0.2) is 20.7 Å². The van der Waals surface area contributed by atoms with Gasteiger partial charge in [-0.1, -0.05) is 34.6 Å². The molecule has 0 aliphatic heterocycles. The first-order valence-electron chi connectivity index (χ1n) is 8.20. The van der Waals surface area contributed by atoms with E-state index in [4.69, 9.17) is 13.9 Å². The molecule has 0 amide bonds. The van der Waals surface area contributed by atoms with Crippen LogP contribution in [0.15, 0.2) is 0 Å². The molecule has 0 fully saturated rings. The van der Waals surface area contributed by atoms with Crippen molar-refractivity contribution < 1.29 is 28.3 Å². The van der Waals surface area contributed by atoms with E-state index >= 15 is 0 Å². The van der Waals surface area contributed by atoms with Gasteiger partial charge in [0.2, 0.25) is 0 Å². The highest BCUT2D eigenvalue weighted by Gasteiger charge is 2.45. The number of hydrogen-bond donors (Lipinski definition) is 0. The third-order valence-corrected chi connectivity index (χ3v) is 8.75. The van der Waals surface area contributed by atoms with Crippen LogP contribution in [0.1, 0.15) is 48.5 Å². The van der Waals surface area contributed by atoms with Crippen LogP contribution in [-0.4, -0.2) is 44.9 Å². The Labute approximate surface area is 146 Å². The number of hydrogen-bond acceptors (Lipinski definition) is 6. The molecule has 0 radical (unpaired) electrons. The first-order valence-corrected chi connectivity index (χ1v) is 11.1. The van der Waals surface area contributed by atoms with Gasteiger partial charge in [0.05, 0.1) is 0 Å². The summed E-state index contributed by atoms with van der Waals surface area (Å²) in [5.41, 5.74) is 0. The predicted octanol–water partition coefficient (Wildman–Crippen LogP) is 3.10. The van der Waals surface area contributed by atoms with Gasteiger partial charge < -0.3 is 13.9 Å². The van der Waals surface area contributed by atoms with Crippen LogP contribution in [0.3, 0.4) is 0 Å². The van der Waals surface area contributed by atoms with Crippen molar-refractivity contribution in [1.29, 1.82) is 0 Å². The second kappa shape index (κ2) is 8.76. The second-order valence-corrected chi connectivity index (χ2v) is 12.6. The molecule has 7 heteroatoms. The van der Waals surface area contributed by atoms with Gasteiger partial charge in [0.1, 0.15) is 12.2 Å². The summed E-state index contributed by atoms with van der Waals surface area (Å²) in [6.45, 7) is 16.5. The normalized spacial score (nSPS) is 16.2. The van der Waals surface area contributed by atoms with Gasteiger partial charge in [0.25, 0.3) is 0 Å². The molecule has 0 aromatic heterocycles. The predicted molar refractivity (Wildman–Crippen MR) is 94.1 cm³/mol. The van der Waals surface area contributed by atoms with E-state index in [1.54, 1.807) is 0 Å². The molecular formula is C17H32O6Si. The summed E-state index contributed by atoms with van der Waals surface area (Å²) in [7, 11) is -2.30. The molecule has 0 heterocycles. The molecule has 0 aliphatic carbocycles. The fourth-order valence-electron chi connectivity index (χ4n) is 1.98. The standard InChI is InChI=1S/C17H32O6Si/c1-11(2)15(22-13(4)20)16(14(10-18)21-12(3)19)23-24(8,9)17(5,6)7/h10-11,14-16H,1-9H3/t14-,15+,16+/m1/s1. The van der Waals surface area contributed by atoms with Crippen molar-refractivity contribution in [2.75, 3.05) is 0 Å². The van der Waals surface area contributed by atoms with Gasteiger partial charge >= 0.3 is 11.9 Å². The van der Waals surface area contributed by atoms with Crippen LogP contribution in [0.25, 0.3) is 0 Å². The lowest BCUT2D eigenvalue weighted by Crippen LogP contribution is -2.54. The van der Waals surface area contributed by atoms with Gasteiger partial charge in [-0.05, 0) is 24.1 Å². The highest BCUT2D eigenvalue weighted by atomic mass is 28.4. The maximum atomic E-state index is 11.5. The Bertz CT molecular complexity index is 452. The Kier molecular flexibility index (Phi) is 8.31. The number of esters is 2. The minimum Gasteiger partial charge on any atom is -0.459 e. The number of carbonyl (C=O) groups is 3. The van der Waals surface area contributed by atoms with Crippen LogP contribution in [0, 0.1) is 5.92 Å². The summed E-state index contributed by atoms with van der Waals surface area (Å²) < 4.78 is 16.9. The average Bonchev–Trinajstić information content (AvgIpc) is 2.38.